The Hall–Kier alpha value is -1.08. The zero-order valence-electron chi connectivity index (χ0n) is 8.16. The van der Waals surface area contributed by atoms with Crippen molar-refractivity contribution in [3.05, 3.63) is 29.8 Å². The fraction of sp³-hybridized carbons (Fsp3) is 0.333. The van der Waals surface area contributed by atoms with E-state index in [4.69, 9.17) is 5.73 Å². The van der Waals surface area contributed by atoms with Gasteiger partial charge in [-0.05, 0) is 17.7 Å². The first-order valence-corrected chi connectivity index (χ1v) is 5.98. The molecule has 7 heteroatoms. The minimum atomic E-state index is -4.74. The van der Waals surface area contributed by atoms with E-state index in [1.54, 1.807) is 6.07 Å². The van der Waals surface area contributed by atoms with E-state index in [-0.39, 0.29) is 11.4 Å². The summed E-state index contributed by atoms with van der Waals surface area (Å²) >= 11 is 0. The third-order valence-corrected chi connectivity index (χ3v) is 3.53. The molecule has 3 nitrogen and oxygen atoms in total. The molecule has 1 aromatic carbocycles. The maximum Gasteiger partial charge on any atom is 0.403 e. The summed E-state index contributed by atoms with van der Waals surface area (Å²) in [4.78, 5) is -0.354. The molecular weight excluding hydrogens is 243 g/mol. The zero-order chi connectivity index (χ0) is 12.4. The molecule has 0 bridgehead atoms. The minimum Gasteiger partial charge on any atom is -0.326 e. The summed E-state index contributed by atoms with van der Waals surface area (Å²) in [5.74, 6) is -1.85. The molecule has 1 aromatic rings. The molecule has 2 N–H and O–H groups in total. The lowest BCUT2D eigenvalue weighted by Gasteiger charge is -2.08. The van der Waals surface area contributed by atoms with Crippen molar-refractivity contribution in [3.8, 4) is 0 Å². The molecule has 0 radical (unpaired) electrons. The highest BCUT2D eigenvalue weighted by molar-refractivity contribution is 7.91. The van der Waals surface area contributed by atoms with Crippen molar-refractivity contribution < 1.29 is 21.6 Å². The summed E-state index contributed by atoms with van der Waals surface area (Å²) in [6.07, 6.45) is -4.74. The molecule has 0 unspecified atom stereocenters. The van der Waals surface area contributed by atoms with Gasteiger partial charge in [0.05, 0.1) is 4.90 Å². The first kappa shape index (κ1) is 13.0. The van der Waals surface area contributed by atoms with Crippen LogP contribution in [-0.2, 0) is 16.4 Å². The van der Waals surface area contributed by atoms with E-state index in [0.29, 0.717) is 5.56 Å². The van der Waals surface area contributed by atoms with Crippen LogP contribution in [0.3, 0.4) is 0 Å². The standard InChI is InChI=1S/C9H10F3NO2S/c10-9(11,12)6-16(14,15)8-3-1-2-7(4-8)5-13/h1-4H,5-6,13H2. The number of benzene rings is 1. The summed E-state index contributed by atoms with van der Waals surface area (Å²) in [5, 5.41) is 0. The molecule has 0 aliphatic rings. The van der Waals surface area contributed by atoms with Crippen molar-refractivity contribution in [2.24, 2.45) is 5.73 Å². The maximum absolute atomic E-state index is 12.0. The average Bonchev–Trinajstić information content (AvgIpc) is 2.14. The van der Waals surface area contributed by atoms with E-state index in [2.05, 4.69) is 0 Å². The van der Waals surface area contributed by atoms with Crippen LogP contribution in [0.2, 0.25) is 0 Å². The second-order valence-electron chi connectivity index (χ2n) is 3.23. The van der Waals surface area contributed by atoms with Crippen molar-refractivity contribution >= 4 is 9.84 Å². The lowest BCUT2D eigenvalue weighted by Crippen LogP contribution is -2.23. The molecule has 16 heavy (non-hydrogen) atoms. The van der Waals surface area contributed by atoms with Crippen LogP contribution >= 0.6 is 0 Å². The van der Waals surface area contributed by atoms with Gasteiger partial charge in [0, 0.05) is 6.54 Å². The smallest absolute Gasteiger partial charge is 0.326 e. The topological polar surface area (TPSA) is 60.2 Å². The summed E-state index contributed by atoms with van der Waals surface area (Å²) in [7, 11) is -4.33. The molecule has 0 atom stereocenters. The van der Waals surface area contributed by atoms with Gasteiger partial charge in [-0.15, -0.1) is 0 Å². The van der Waals surface area contributed by atoms with Crippen LogP contribution in [0, 0.1) is 0 Å². The number of sulfone groups is 1. The molecule has 0 spiro atoms. The predicted molar refractivity (Wildman–Crippen MR) is 52.4 cm³/mol. The van der Waals surface area contributed by atoms with Crippen LogP contribution in [0.1, 0.15) is 5.56 Å². The molecular formula is C9H10F3NO2S. The second-order valence-corrected chi connectivity index (χ2v) is 5.22. The summed E-state index contributed by atoms with van der Waals surface area (Å²) < 4.78 is 58.8. The molecule has 0 amide bonds. The van der Waals surface area contributed by atoms with Crippen molar-refractivity contribution in [2.45, 2.75) is 17.6 Å². The van der Waals surface area contributed by atoms with Gasteiger partial charge in [0.2, 0.25) is 0 Å². The van der Waals surface area contributed by atoms with E-state index in [0.717, 1.165) is 12.1 Å². The van der Waals surface area contributed by atoms with Gasteiger partial charge < -0.3 is 5.73 Å². The van der Waals surface area contributed by atoms with E-state index < -0.39 is 21.8 Å². The highest BCUT2D eigenvalue weighted by Gasteiger charge is 2.35. The first-order chi connectivity index (χ1) is 7.24. The number of hydrogen-bond acceptors (Lipinski definition) is 3. The van der Waals surface area contributed by atoms with Crippen molar-refractivity contribution in [2.75, 3.05) is 5.75 Å². The molecule has 0 aromatic heterocycles. The highest BCUT2D eigenvalue weighted by Crippen LogP contribution is 2.22. The Bertz CT molecular complexity index is 468. The van der Waals surface area contributed by atoms with Crippen LogP contribution in [0.5, 0.6) is 0 Å². The molecule has 0 aliphatic carbocycles. The van der Waals surface area contributed by atoms with Crippen LogP contribution in [0.4, 0.5) is 13.2 Å². The summed E-state index contributed by atoms with van der Waals surface area (Å²) in [5.41, 5.74) is 5.75. The van der Waals surface area contributed by atoms with Crippen molar-refractivity contribution in [3.63, 3.8) is 0 Å². The Morgan fingerprint density at radius 3 is 2.38 bits per heavy atom. The molecule has 90 valence electrons. The number of nitrogens with two attached hydrogens (primary N) is 1. The molecule has 1 rings (SSSR count). The van der Waals surface area contributed by atoms with Gasteiger partial charge >= 0.3 is 6.18 Å². The van der Waals surface area contributed by atoms with E-state index in [1.165, 1.54) is 6.07 Å². The second kappa shape index (κ2) is 4.42. The fourth-order valence-corrected chi connectivity index (χ4v) is 2.38. The average molecular weight is 253 g/mol. The molecule has 0 heterocycles. The van der Waals surface area contributed by atoms with Crippen molar-refractivity contribution in [1.29, 1.82) is 0 Å². The SMILES string of the molecule is NCc1cccc(S(=O)(=O)CC(F)(F)F)c1. The number of alkyl halides is 3. The molecule has 0 fully saturated rings. The Labute approximate surface area is 91.0 Å². The van der Waals surface area contributed by atoms with Crippen LogP contribution in [0.15, 0.2) is 29.2 Å². The maximum atomic E-state index is 12.0. The molecule has 0 saturated heterocycles. The number of hydrogen-bond donors (Lipinski definition) is 1. The lowest BCUT2D eigenvalue weighted by molar-refractivity contribution is -0.106. The largest absolute Gasteiger partial charge is 0.403 e. The van der Waals surface area contributed by atoms with Gasteiger partial charge in [0.25, 0.3) is 0 Å². The van der Waals surface area contributed by atoms with Crippen LogP contribution in [0.25, 0.3) is 0 Å². The molecule has 0 aliphatic heterocycles. The van der Waals surface area contributed by atoms with E-state index in [9.17, 15) is 21.6 Å². The van der Waals surface area contributed by atoms with Gasteiger partial charge in [-0.2, -0.15) is 13.2 Å². The Morgan fingerprint density at radius 2 is 1.88 bits per heavy atom. The van der Waals surface area contributed by atoms with Gasteiger partial charge in [-0.3, -0.25) is 0 Å². The summed E-state index contributed by atoms with van der Waals surface area (Å²) in [6, 6.07) is 5.19. The van der Waals surface area contributed by atoms with E-state index in [1.807, 2.05) is 0 Å². The van der Waals surface area contributed by atoms with Crippen LogP contribution < -0.4 is 5.73 Å². The summed E-state index contributed by atoms with van der Waals surface area (Å²) in [6.45, 7) is 0.0787. The molecule has 0 saturated carbocycles. The Kier molecular flexibility index (Phi) is 3.59. The minimum absolute atomic E-state index is 0.0787. The van der Waals surface area contributed by atoms with Gasteiger partial charge in [0.15, 0.2) is 15.6 Å². The monoisotopic (exact) mass is 253 g/mol. The van der Waals surface area contributed by atoms with Gasteiger partial charge in [-0.1, -0.05) is 12.1 Å². The van der Waals surface area contributed by atoms with Crippen molar-refractivity contribution in [1.82, 2.24) is 0 Å². The quantitative estimate of drug-likeness (QED) is 0.887. The van der Waals surface area contributed by atoms with Crippen LogP contribution in [-0.4, -0.2) is 20.3 Å². The first-order valence-electron chi connectivity index (χ1n) is 4.33. The normalized spacial score (nSPS) is 12.8. The van der Waals surface area contributed by atoms with Gasteiger partial charge in [-0.25, -0.2) is 8.42 Å². The zero-order valence-corrected chi connectivity index (χ0v) is 8.98. The van der Waals surface area contributed by atoms with E-state index >= 15 is 0 Å². The third-order valence-electron chi connectivity index (χ3n) is 1.85. The highest BCUT2D eigenvalue weighted by atomic mass is 32.2. The third kappa shape index (κ3) is 3.49. The van der Waals surface area contributed by atoms with Gasteiger partial charge in [0.1, 0.15) is 0 Å². The Balaban J connectivity index is 3.08. The lowest BCUT2D eigenvalue weighted by atomic mass is 10.2. The Morgan fingerprint density at radius 1 is 1.25 bits per heavy atom. The number of halogens is 3. The number of rotatable bonds is 3. The predicted octanol–water partition coefficient (Wildman–Crippen LogP) is 1.48. The fourth-order valence-electron chi connectivity index (χ4n) is 1.16.